The second-order valence-corrected chi connectivity index (χ2v) is 7.61. The highest BCUT2D eigenvalue weighted by Gasteiger charge is 2.12. The van der Waals surface area contributed by atoms with Gasteiger partial charge < -0.3 is 19.9 Å². The van der Waals surface area contributed by atoms with E-state index in [-0.39, 0.29) is 6.03 Å². The second-order valence-electron chi connectivity index (χ2n) is 6.69. The number of fused-ring (bicyclic) bond motifs is 1. The molecule has 0 saturated carbocycles. The molecule has 4 aromatic rings. The summed E-state index contributed by atoms with van der Waals surface area (Å²) in [7, 11) is 0. The van der Waals surface area contributed by atoms with Crippen molar-refractivity contribution < 1.29 is 9.53 Å². The zero-order valence-corrected chi connectivity index (χ0v) is 18.0. The van der Waals surface area contributed by atoms with Crippen LogP contribution in [0.2, 0.25) is 0 Å². The highest BCUT2D eigenvalue weighted by molar-refractivity contribution is 9.10. The Bertz CT molecular complexity index is 1170. The monoisotopic (exact) mass is 464 g/mol. The molecule has 0 aliphatic heterocycles. The number of hydrogen-bond donors (Lipinski definition) is 2. The Labute approximate surface area is 183 Å². The van der Waals surface area contributed by atoms with Gasteiger partial charge in [-0.3, -0.25) is 4.98 Å². The van der Waals surface area contributed by atoms with E-state index >= 15 is 0 Å². The van der Waals surface area contributed by atoms with Crippen LogP contribution in [0.1, 0.15) is 12.5 Å². The van der Waals surface area contributed by atoms with Gasteiger partial charge in [0, 0.05) is 35.0 Å². The fourth-order valence-corrected chi connectivity index (χ4v) is 3.67. The normalized spacial score (nSPS) is 10.7. The number of carbonyl (C=O) groups excluding carboxylic acids is 1. The van der Waals surface area contributed by atoms with E-state index in [1.165, 1.54) is 0 Å². The summed E-state index contributed by atoms with van der Waals surface area (Å²) in [4.78, 5) is 16.8. The third-order valence-electron chi connectivity index (χ3n) is 4.65. The predicted octanol–water partition coefficient (Wildman–Crippen LogP) is 5.89. The highest BCUT2D eigenvalue weighted by atomic mass is 79.9. The maximum atomic E-state index is 12.7. The first-order chi connectivity index (χ1) is 14.6. The summed E-state index contributed by atoms with van der Waals surface area (Å²) in [6, 6.07) is 17.1. The molecular formula is C23H21BrN4O2. The Morgan fingerprint density at radius 3 is 2.67 bits per heavy atom. The van der Waals surface area contributed by atoms with Crippen molar-refractivity contribution in [2.45, 2.75) is 13.5 Å². The molecule has 0 spiro atoms. The molecule has 7 heteroatoms. The average molecular weight is 465 g/mol. The lowest BCUT2D eigenvalue weighted by molar-refractivity contribution is 0.262. The largest absolute Gasteiger partial charge is 0.492 e. The molecule has 0 aliphatic carbocycles. The lowest BCUT2D eigenvalue weighted by Crippen LogP contribution is -2.20. The molecule has 152 valence electrons. The van der Waals surface area contributed by atoms with E-state index in [2.05, 4.69) is 36.1 Å². The number of aromatic nitrogens is 2. The Morgan fingerprint density at radius 1 is 1.07 bits per heavy atom. The highest BCUT2D eigenvalue weighted by Crippen LogP contribution is 2.29. The van der Waals surface area contributed by atoms with E-state index < -0.39 is 0 Å². The lowest BCUT2D eigenvalue weighted by atomic mass is 10.2. The molecule has 0 fully saturated rings. The number of benzene rings is 2. The van der Waals surface area contributed by atoms with Crippen molar-refractivity contribution in [2.75, 3.05) is 17.2 Å². The summed E-state index contributed by atoms with van der Waals surface area (Å²) in [5.74, 6) is 0.623. The molecule has 0 unspecified atom stereocenters. The van der Waals surface area contributed by atoms with E-state index in [4.69, 9.17) is 4.74 Å². The predicted molar refractivity (Wildman–Crippen MR) is 123 cm³/mol. The number of carbonyl (C=O) groups is 1. The van der Waals surface area contributed by atoms with Gasteiger partial charge in [-0.25, -0.2) is 4.79 Å². The van der Waals surface area contributed by atoms with Crippen LogP contribution in [0.15, 0.2) is 77.7 Å². The van der Waals surface area contributed by atoms with Crippen LogP contribution in [0.4, 0.5) is 16.2 Å². The van der Waals surface area contributed by atoms with Crippen molar-refractivity contribution in [1.82, 2.24) is 9.55 Å². The van der Waals surface area contributed by atoms with E-state index in [9.17, 15) is 4.79 Å². The van der Waals surface area contributed by atoms with Crippen molar-refractivity contribution >= 4 is 44.2 Å². The lowest BCUT2D eigenvalue weighted by Gasteiger charge is -2.13. The minimum absolute atomic E-state index is 0.330. The molecule has 2 aromatic carbocycles. The molecule has 4 rings (SSSR count). The van der Waals surface area contributed by atoms with Gasteiger partial charge in [0.2, 0.25) is 0 Å². The number of urea groups is 1. The number of pyridine rings is 1. The SMILES string of the molecule is CCOc1ccc(Br)cc1NC(=O)Nc1cccc2c1ccn2Cc1ccncc1. The quantitative estimate of drug-likeness (QED) is 0.373. The maximum Gasteiger partial charge on any atom is 0.323 e. The van der Waals surface area contributed by atoms with E-state index in [0.29, 0.717) is 18.0 Å². The summed E-state index contributed by atoms with van der Waals surface area (Å²) < 4.78 is 8.61. The van der Waals surface area contributed by atoms with Crippen LogP contribution in [0.25, 0.3) is 10.9 Å². The molecule has 2 N–H and O–H groups in total. The minimum Gasteiger partial charge on any atom is -0.492 e. The molecule has 2 aromatic heterocycles. The summed E-state index contributed by atoms with van der Waals surface area (Å²) >= 11 is 3.43. The molecule has 6 nitrogen and oxygen atoms in total. The summed E-state index contributed by atoms with van der Waals surface area (Å²) in [5, 5.41) is 6.81. The fraction of sp³-hybridized carbons (Fsp3) is 0.130. The van der Waals surface area contributed by atoms with Crippen LogP contribution in [-0.4, -0.2) is 22.2 Å². The number of rotatable bonds is 6. The van der Waals surface area contributed by atoms with Crippen molar-refractivity contribution in [3.63, 3.8) is 0 Å². The Hall–Kier alpha value is -3.32. The summed E-state index contributed by atoms with van der Waals surface area (Å²) in [5.41, 5.74) is 3.55. The van der Waals surface area contributed by atoms with Gasteiger partial charge in [-0.15, -0.1) is 0 Å². The first-order valence-corrected chi connectivity index (χ1v) is 10.4. The number of anilines is 2. The third kappa shape index (κ3) is 4.46. The number of hydrogen-bond acceptors (Lipinski definition) is 3. The van der Waals surface area contributed by atoms with Gasteiger partial charge in [-0.05, 0) is 61.0 Å². The minimum atomic E-state index is -0.330. The van der Waals surface area contributed by atoms with Crippen LogP contribution in [0.5, 0.6) is 5.75 Å². The molecular weight excluding hydrogens is 444 g/mol. The molecule has 0 atom stereocenters. The molecule has 0 bridgehead atoms. The van der Waals surface area contributed by atoms with E-state index in [1.54, 1.807) is 12.4 Å². The zero-order chi connectivity index (χ0) is 20.9. The smallest absolute Gasteiger partial charge is 0.323 e. The van der Waals surface area contributed by atoms with E-state index in [1.807, 2.05) is 67.7 Å². The standard InChI is InChI=1S/C23H21BrN4O2/c1-2-30-22-7-6-17(24)14-20(22)27-23(29)26-19-4-3-5-21-18(19)10-13-28(21)15-16-8-11-25-12-9-16/h3-14H,2,15H2,1H3,(H2,26,27,29). The Kier molecular flexibility index (Phi) is 5.99. The van der Waals surface area contributed by atoms with Crippen molar-refractivity contribution in [3.05, 3.63) is 83.2 Å². The molecule has 30 heavy (non-hydrogen) atoms. The van der Waals surface area contributed by atoms with Crippen LogP contribution in [0, 0.1) is 0 Å². The number of amides is 2. The maximum absolute atomic E-state index is 12.7. The van der Waals surface area contributed by atoms with Crippen LogP contribution < -0.4 is 15.4 Å². The molecule has 2 heterocycles. The number of nitrogens with zero attached hydrogens (tertiary/aromatic N) is 2. The van der Waals surface area contributed by atoms with Gasteiger partial charge in [0.1, 0.15) is 5.75 Å². The van der Waals surface area contributed by atoms with E-state index in [0.717, 1.165) is 33.2 Å². The summed E-state index contributed by atoms with van der Waals surface area (Å²) in [6.45, 7) is 3.16. The number of ether oxygens (including phenoxy) is 1. The van der Waals surface area contributed by atoms with Crippen LogP contribution in [-0.2, 0) is 6.54 Å². The van der Waals surface area contributed by atoms with Crippen LogP contribution >= 0.6 is 15.9 Å². The fourth-order valence-electron chi connectivity index (χ4n) is 3.31. The van der Waals surface area contributed by atoms with Gasteiger partial charge >= 0.3 is 6.03 Å². The number of halogens is 1. The topological polar surface area (TPSA) is 68.2 Å². The van der Waals surface area contributed by atoms with Gasteiger partial charge in [0.25, 0.3) is 0 Å². The first-order valence-electron chi connectivity index (χ1n) is 9.61. The van der Waals surface area contributed by atoms with Gasteiger partial charge in [-0.1, -0.05) is 22.0 Å². The van der Waals surface area contributed by atoms with Crippen molar-refractivity contribution in [1.29, 1.82) is 0 Å². The average Bonchev–Trinajstić information content (AvgIpc) is 3.15. The molecule has 0 saturated heterocycles. The van der Waals surface area contributed by atoms with Gasteiger partial charge in [0.05, 0.1) is 23.5 Å². The van der Waals surface area contributed by atoms with Gasteiger partial charge in [-0.2, -0.15) is 0 Å². The van der Waals surface area contributed by atoms with Crippen molar-refractivity contribution in [3.8, 4) is 5.75 Å². The number of nitrogens with one attached hydrogen (secondary N) is 2. The Morgan fingerprint density at radius 2 is 1.87 bits per heavy atom. The molecule has 2 amide bonds. The molecule has 0 aliphatic rings. The summed E-state index contributed by atoms with van der Waals surface area (Å²) in [6.07, 6.45) is 5.60. The Balaban J connectivity index is 1.54. The van der Waals surface area contributed by atoms with Crippen molar-refractivity contribution in [2.24, 2.45) is 0 Å². The molecule has 0 radical (unpaired) electrons. The second kappa shape index (κ2) is 9.00. The van der Waals surface area contributed by atoms with Crippen LogP contribution in [0.3, 0.4) is 0 Å². The third-order valence-corrected chi connectivity index (χ3v) is 5.15. The first kappa shape index (κ1) is 20.0. The van der Waals surface area contributed by atoms with Gasteiger partial charge in [0.15, 0.2) is 0 Å². The zero-order valence-electron chi connectivity index (χ0n) is 16.4.